The summed E-state index contributed by atoms with van der Waals surface area (Å²) in [6, 6.07) is 6.96. The fraction of sp³-hybridized carbons (Fsp3) is 0.294. The number of aliphatic carboxylic acids is 1. The van der Waals surface area contributed by atoms with Crippen LogP contribution in [-0.4, -0.2) is 38.8 Å². The van der Waals surface area contributed by atoms with Crippen molar-refractivity contribution >= 4 is 29.2 Å². The number of nitrogens with one attached hydrogen (secondary N) is 2. The van der Waals surface area contributed by atoms with Crippen LogP contribution in [0.2, 0.25) is 0 Å². The molecule has 1 unspecified atom stereocenters. The molecule has 0 fully saturated rings. The molecule has 1 aromatic heterocycles. The molecule has 0 radical (unpaired) electrons. The Labute approximate surface area is 149 Å². The predicted octanol–water partition coefficient (Wildman–Crippen LogP) is 1.43. The molecule has 2 heterocycles. The van der Waals surface area contributed by atoms with Crippen LogP contribution in [0.3, 0.4) is 0 Å². The molecular formula is C17H18N4O5. The first-order chi connectivity index (χ1) is 12.3. The van der Waals surface area contributed by atoms with Crippen LogP contribution in [0.5, 0.6) is 5.75 Å². The zero-order valence-electron chi connectivity index (χ0n) is 14.2. The van der Waals surface area contributed by atoms with Gasteiger partial charge in [0, 0.05) is 6.20 Å². The van der Waals surface area contributed by atoms with E-state index in [9.17, 15) is 19.5 Å². The number of nitrogens with zero attached hydrogens (tertiary/aromatic N) is 2. The minimum Gasteiger partial charge on any atom is -0.479 e. The van der Waals surface area contributed by atoms with Crippen molar-refractivity contribution in [2.75, 3.05) is 10.6 Å². The van der Waals surface area contributed by atoms with E-state index < -0.39 is 29.4 Å². The van der Waals surface area contributed by atoms with Crippen LogP contribution in [0.15, 0.2) is 36.7 Å². The lowest BCUT2D eigenvalue weighted by atomic mass is 10.1. The van der Waals surface area contributed by atoms with E-state index in [1.165, 1.54) is 30.9 Å². The average molecular weight is 358 g/mol. The molecule has 0 spiro atoms. The maximum absolute atomic E-state index is 12.2. The highest BCUT2D eigenvalue weighted by Crippen LogP contribution is 2.29. The zero-order chi connectivity index (χ0) is 18.9. The van der Waals surface area contributed by atoms with Crippen molar-refractivity contribution in [2.45, 2.75) is 31.9 Å². The molecule has 1 aromatic carbocycles. The lowest BCUT2D eigenvalue weighted by Crippen LogP contribution is -2.39. The topological polar surface area (TPSA) is 123 Å². The highest BCUT2D eigenvalue weighted by molar-refractivity contribution is 6.01. The number of fused-ring (bicyclic) bond motifs is 1. The Morgan fingerprint density at radius 1 is 1.38 bits per heavy atom. The second-order valence-corrected chi connectivity index (χ2v) is 6.38. The SMILES string of the molecule is CC(C)(C(=O)O)n1cc(NC(=O)CC2Oc3ccccc3NC2=O)cn1. The van der Waals surface area contributed by atoms with E-state index in [4.69, 9.17) is 4.74 Å². The van der Waals surface area contributed by atoms with Crippen LogP contribution in [0, 0.1) is 0 Å². The van der Waals surface area contributed by atoms with E-state index in [1.54, 1.807) is 24.3 Å². The number of carbonyl (C=O) groups excluding carboxylic acids is 2. The summed E-state index contributed by atoms with van der Waals surface area (Å²) in [5, 5.41) is 18.4. The van der Waals surface area contributed by atoms with Crippen LogP contribution in [0.25, 0.3) is 0 Å². The molecule has 1 aliphatic rings. The maximum Gasteiger partial charge on any atom is 0.331 e. The second kappa shape index (κ2) is 6.51. The summed E-state index contributed by atoms with van der Waals surface area (Å²) in [5.41, 5.74) is -0.355. The molecule has 136 valence electrons. The lowest BCUT2D eigenvalue weighted by Gasteiger charge is -2.25. The Morgan fingerprint density at radius 2 is 2.12 bits per heavy atom. The van der Waals surface area contributed by atoms with Gasteiger partial charge in [-0.1, -0.05) is 12.1 Å². The average Bonchev–Trinajstić information content (AvgIpc) is 3.04. The molecule has 0 saturated carbocycles. The van der Waals surface area contributed by atoms with E-state index in [-0.39, 0.29) is 6.42 Å². The summed E-state index contributed by atoms with van der Waals surface area (Å²) >= 11 is 0. The van der Waals surface area contributed by atoms with Crippen molar-refractivity contribution in [1.82, 2.24) is 9.78 Å². The molecule has 3 rings (SSSR count). The van der Waals surface area contributed by atoms with E-state index in [1.807, 2.05) is 0 Å². The number of carbonyl (C=O) groups is 3. The van der Waals surface area contributed by atoms with Gasteiger partial charge in [0.05, 0.1) is 24.0 Å². The van der Waals surface area contributed by atoms with Crippen LogP contribution in [-0.2, 0) is 19.9 Å². The third-order valence-electron chi connectivity index (χ3n) is 4.04. The second-order valence-electron chi connectivity index (χ2n) is 6.38. The highest BCUT2D eigenvalue weighted by Gasteiger charge is 2.31. The molecule has 1 atom stereocenters. The number of rotatable bonds is 5. The van der Waals surface area contributed by atoms with Crippen molar-refractivity contribution in [1.29, 1.82) is 0 Å². The number of carboxylic acid groups (broad SMARTS) is 1. The largest absolute Gasteiger partial charge is 0.479 e. The van der Waals surface area contributed by atoms with Crippen molar-refractivity contribution in [3.63, 3.8) is 0 Å². The monoisotopic (exact) mass is 358 g/mol. The summed E-state index contributed by atoms with van der Waals surface area (Å²) in [7, 11) is 0. The molecule has 2 amide bonds. The molecule has 2 aromatic rings. The normalized spacial score (nSPS) is 16.2. The molecule has 1 aliphatic heterocycles. The van der Waals surface area contributed by atoms with Gasteiger partial charge in [0.2, 0.25) is 5.91 Å². The van der Waals surface area contributed by atoms with E-state index in [0.717, 1.165) is 0 Å². The molecule has 3 N–H and O–H groups in total. The van der Waals surface area contributed by atoms with Crippen LogP contribution >= 0.6 is 0 Å². The Kier molecular flexibility index (Phi) is 4.37. The molecule has 9 heteroatoms. The summed E-state index contributed by atoms with van der Waals surface area (Å²) in [6.07, 6.45) is 1.63. The smallest absolute Gasteiger partial charge is 0.331 e. The van der Waals surface area contributed by atoms with Crippen LogP contribution in [0.4, 0.5) is 11.4 Å². The van der Waals surface area contributed by atoms with Crippen molar-refractivity contribution in [3.8, 4) is 5.75 Å². The molecule has 0 aliphatic carbocycles. The number of aromatic nitrogens is 2. The first-order valence-corrected chi connectivity index (χ1v) is 7.92. The van der Waals surface area contributed by atoms with Gasteiger partial charge in [0.15, 0.2) is 11.6 Å². The predicted molar refractivity (Wildman–Crippen MR) is 91.9 cm³/mol. The van der Waals surface area contributed by atoms with Gasteiger partial charge in [0.1, 0.15) is 5.75 Å². The number of ether oxygens (including phenoxy) is 1. The Hall–Kier alpha value is -3.36. The van der Waals surface area contributed by atoms with E-state index >= 15 is 0 Å². The number of hydrogen-bond acceptors (Lipinski definition) is 5. The first-order valence-electron chi connectivity index (χ1n) is 7.92. The summed E-state index contributed by atoms with van der Waals surface area (Å²) in [4.78, 5) is 35.5. The zero-order valence-corrected chi connectivity index (χ0v) is 14.2. The molecule has 0 saturated heterocycles. The number of benzene rings is 1. The maximum atomic E-state index is 12.2. The van der Waals surface area contributed by atoms with Crippen LogP contribution < -0.4 is 15.4 Å². The third kappa shape index (κ3) is 3.37. The van der Waals surface area contributed by atoms with E-state index in [2.05, 4.69) is 15.7 Å². The quantitative estimate of drug-likeness (QED) is 0.743. The number of para-hydroxylation sites is 2. The summed E-state index contributed by atoms with van der Waals surface area (Å²) in [5.74, 6) is -1.40. The number of carboxylic acids is 1. The summed E-state index contributed by atoms with van der Waals surface area (Å²) in [6.45, 7) is 2.98. The first kappa shape index (κ1) is 17.5. The molecule has 26 heavy (non-hydrogen) atoms. The molecule has 0 bridgehead atoms. The van der Waals surface area contributed by atoms with Crippen molar-refractivity contribution in [3.05, 3.63) is 36.7 Å². The number of amides is 2. The third-order valence-corrected chi connectivity index (χ3v) is 4.04. The fourth-order valence-electron chi connectivity index (χ4n) is 2.40. The Bertz CT molecular complexity index is 874. The van der Waals surface area contributed by atoms with Gasteiger partial charge in [-0.25, -0.2) is 4.79 Å². The minimum absolute atomic E-state index is 0.187. The van der Waals surface area contributed by atoms with Gasteiger partial charge in [-0.2, -0.15) is 5.10 Å². The van der Waals surface area contributed by atoms with Gasteiger partial charge < -0.3 is 20.5 Å². The highest BCUT2D eigenvalue weighted by atomic mass is 16.5. The van der Waals surface area contributed by atoms with Gasteiger partial charge in [0.25, 0.3) is 5.91 Å². The van der Waals surface area contributed by atoms with E-state index in [0.29, 0.717) is 17.1 Å². The minimum atomic E-state index is -1.25. The van der Waals surface area contributed by atoms with Crippen molar-refractivity contribution in [2.24, 2.45) is 0 Å². The Balaban J connectivity index is 1.64. The van der Waals surface area contributed by atoms with Crippen LogP contribution in [0.1, 0.15) is 20.3 Å². The molecular weight excluding hydrogens is 340 g/mol. The van der Waals surface area contributed by atoms with Gasteiger partial charge in [-0.15, -0.1) is 0 Å². The number of hydrogen-bond donors (Lipinski definition) is 3. The van der Waals surface area contributed by atoms with Crippen molar-refractivity contribution < 1.29 is 24.2 Å². The fourth-order valence-corrected chi connectivity index (χ4v) is 2.40. The Morgan fingerprint density at radius 3 is 2.85 bits per heavy atom. The van der Waals surface area contributed by atoms with Gasteiger partial charge in [-0.05, 0) is 26.0 Å². The lowest BCUT2D eigenvalue weighted by molar-refractivity contribution is -0.146. The summed E-state index contributed by atoms with van der Waals surface area (Å²) < 4.78 is 6.81. The number of anilines is 2. The molecule has 9 nitrogen and oxygen atoms in total. The standard InChI is InChI=1S/C17H18N4O5/c1-17(2,16(24)25)21-9-10(8-18-21)19-14(22)7-13-15(23)20-11-5-3-4-6-12(11)26-13/h3-6,8-9,13H,7H2,1-2H3,(H,19,22)(H,20,23)(H,24,25). The van der Waals surface area contributed by atoms with Gasteiger partial charge in [-0.3, -0.25) is 14.3 Å². The van der Waals surface area contributed by atoms with Gasteiger partial charge >= 0.3 is 5.97 Å².